The number of rotatable bonds is 7. The zero-order chi connectivity index (χ0) is 21.7. The third-order valence-corrected chi connectivity index (χ3v) is 5.15. The number of anilines is 1. The SMILES string of the molecule is COc1ccc(-c2cc(=O)[nH]c(SC(C)C(=O)Nc3ccc(C(=O)O)cc3)n2)cc1. The summed E-state index contributed by atoms with van der Waals surface area (Å²) in [6.07, 6.45) is 0. The van der Waals surface area contributed by atoms with Crippen LogP contribution in [0.1, 0.15) is 17.3 Å². The number of aromatic carboxylic acids is 1. The highest BCUT2D eigenvalue weighted by Crippen LogP contribution is 2.24. The van der Waals surface area contributed by atoms with Gasteiger partial charge in [0.2, 0.25) is 5.91 Å². The Labute approximate surface area is 176 Å². The molecule has 0 bridgehead atoms. The van der Waals surface area contributed by atoms with Gasteiger partial charge in [-0.2, -0.15) is 0 Å². The number of aromatic amines is 1. The number of H-pyrrole nitrogens is 1. The quantitative estimate of drug-likeness (QED) is 0.392. The van der Waals surface area contributed by atoms with Gasteiger partial charge in [0.05, 0.1) is 23.6 Å². The molecule has 0 radical (unpaired) electrons. The second-order valence-electron chi connectivity index (χ2n) is 6.30. The van der Waals surface area contributed by atoms with Crippen molar-refractivity contribution >= 4 is 29.3 Å². The number of aromatic nitrogens is 2. The highest BCUT2D eigenvalue weighted by molar-refractivity contribution is 8.00. The molecule has 2 aromatic carbocycles. The minimum atomic E-state index is -1.04. The summed E-state index contributed by atoms with van der Waals surface area (Å²) in [5.74, 6) is -0.649. The molecule has 1 aromatic heterocycles. The second-order valence-corrected chi connectivity index (χ2v) is 7.63. The number of benzene rings is 2. The Morgan fingerprint density at radius 2 is 1.80 bits per heavy atom. The number of nitrogens with one attached hydrogen (secondary N) is 2. The molecule has 0 aliphatic heterocycles. The third-order valence-electron chi connectivity index (χ3n) is 4.16. The van der Waals surface area contributed by atoms with Crippen LogP contribution in [0.4, 0.5) is 5.69 Å². The normalized spacial score (nSPS) is 11.5. The molecule has 0 saturated carbocycles. The lowest BCUT2D eigenvalue weighted by Gasteiger charge is -2.12. The molecule has 0 aliphatic carbocycles. The molecule has 1 amide bonds. The summed E-state index contributed by atoms with van der Waals surface area (Å²) in [5, 5.41) is 11.4. The number of methoxy groups -OCH3 is 1. The molecule has 3 N–H and O–H groups in total. The van der Waals surface area contributed by atoms with Gasteiger partial charge in [0, 0.05) is 17.3 Å². The predicted octanol–water partition coefficient (Wildman–Crippen LogP) is 3.26. The number of hydrogen-bond donors (Lipinski definition) is 3. The molecule has 30 heavy (non-hydrogen) atoms. The second kappa shape index (κ2) is 9.27. The molecule has 1 heterocycles. The van der Waals surface area contributed by atoms with Crippen molar-refractivity contribution in [2.75, 3.05) is 12.4 Å². The number of carboxylic acid groups (broad SMARTS) is 1. The maximum atomic E-state index is 12.5. The van der Waals surface area contributed by atoms with Crippen LogP contribution in [-0.4, -0.2) is 39.3 Å². The number of amides is 1. The van der Waals surface area contributed by atoms with E-state index < -0.39 is 11.2 Å². The lowest BCUT2D eigenvalue weighted by atomic mass is 10.1. The third kappa shape index (κ3) is 5.26. The number of hydrogen-bond acceptors (Lipinski definition) is 6. The zero-order valence-corrected chi connectivity index (χ0v) is 17.0. The van der Waals surface area contributed by atoms with Gasteiger partial charge < -0.3 is 20.1 Å². The molecule has 3 rings (SSSR count). The first-order valence-corrected chi connectivity index (χ1v) is 9.80. The van der Waals surface area contributed by atoms with Crippen molar-refractivity contribution in [3.05, 3.63) is 70.5 Å². The van der Waals surface area contributed by atoms with Gasteiger partial charge in [-0.25, -0.2) is 9.78 Å². The molecular weight excluding hydrogens is 406 g/mol. The van der Waals surface area contributed by atoms with E-state index in [4.69, 9.17) is 9.84 Å². The standard InChI is InChI=1S/C21H19N3O5S/c1-12(19(26)22-15-7-3-14(4-8-15)20(27)28)30-21-23-17(11-18(25)24-21)13-5-9-16(29-2)10-6-13/h3-12H,1-2H3,(H,22,26)(H,27,28)(H,23,24,25). The number of nitrogens with zero attached hydrogens (tertiary/aromatic N) is 1. The Morgan fingerprint density at radius 1 is 1.13 bits per heavy atom. The van der Waals surface area contributed by atoms with Crippen molar-refractivity contribution in [3.63, 3.8) is 0 Å². The molecule has 8 nitrogen and oxygen atoms in total. The van der Waals surface area contributed by atoms with E-state index in [1.54, 1.807) is 38.3 Å². The van der Waals surface area contributed by atoms with Crippen molar-refractivity contribution in [2.45, 2.75) is 17.3 Å². The average Bonchev–Trinajstić information content (AvgIpc) is 2.73. The van der Waals surface area contributed by atoms with Crippen LogP contribution < -0.4 is 15.6 Å². The Hall–Kier alpha value is -3.59. The summed E-state index contributed by atoms with van der Waals surface area (Å²) >= 11 is 1.11. The first-order valence-electron chi connectivity index (χ1n) is 8.92. The Kier molecular flexibility index (Phi) is 6.53. The van der Waals surface area contributed by atoms with Crippen molar-refractivity contribution in [3.8, 4) is 17.0 Å². The lowest BCUT2D eigenvalue weighted by molar-refractivity contribution is -0.115. The van der Waals surface area contributed by atoms with Crippen molar-refractivity contribution < 1.29 is 19.4 Å². The van der Waals surface area contributed by atoms with Crippen LogP contribution >= 0.6 is 11.8 Å². The van der Waals surface area contributed by atoms with Gasteiger partial charge in [-0.1, -0.05) is 11.8 Å². The zero-order valence-electron chi connectivity index (χ0n) is 16.2. The molecule has 3 aromatic rings. The van der Waals surface area contributed by atoms with Crippen LogP contribution in [0.2, 0.25) is 0 Å². The van der Waals surface area contributed by atoms with E-state index in [-0.39, 0.29) is 17.0 Å². The van der Waals surface area contributed by atoms with Gasteiger partial charge in [0.15, 0.2) is 5.16 Å². The molecule has 1 unspecified atom stereocenters. The van der Waals surface area contributed by atoms with E-state index in [1.165, 1.54) is 30.3 Å². The number of carbonyl (C=O) groups excluding carboxylic acids is 1. The minimum absolute atomic E-state index is 0.132. The first kappa shape index (κ1) is 21.1. The van der Waals surface area contributed by atoms with Crippen molar-refractivity contribution in [2.24, 2.45) is 0 Å². The molecule has 0 aliphatic rings. The van der Waals surface area contributed by atoms with Crippen molar-refractivity contribution in [1.29, 1.82) is 0 Å². The molecule has 0 spiro atoms. The molecule has 0 saturated heterocycles. The predicted molar refractivity (Wildman–Crippen MR) is 114 cm³/mol. The largest absolute Gasteiger partial charge is 0.497 e. The summed E-state index contributed by atoms with van der Waals surface area (Å²) < 4.78 is 5.13. The van der Waals surface area contributed by atoms with Gasteiger partial charge >= 0.3 is 5.97 Å². The number of ether oxygens (including phenoxy) is 1. The van der Waals surface area contributed by atoms with Crippen LogP contribution in [0.3, 0.4) is 0 Å². The van der Waals surface area contributed by atoms with E-state index in [0.29, 0.717) is 22.3 Å². The highest BCUT2D eigenvalue weighted by Gasteiger charge is 2.17. The summed E-state index contributed by atoms with van der Waals surface area (Å²) in [6, 6.07) is 14.4. The fourth-order valence-electron chi connectivity index (χ4n) is 2.56. The van der Waals surface area contributed by atoms with Crippen LogP contribution in [0, 0.1) is 0 Å². The fourth-order valence-corrected chi connectivity index (χ4v) is 3.37. The molecule has 1 atom stereocenters. The molecule has 9 heteroatoms. The summed E-state index contributed by atoms with van der Waals surface area (Å²) in [5.41, 5.74) is 1.52. The number of carbonyl (C=O) groups is 2. The fraction of sp³-hybridized carbons (Fsp3) is 0.143. The number of carboxylic acids is 1. The van der Waals surface area contributed by atoms with Crippen LogP contribution in [-0.2, 0) is 4.79 Å². The van der Waals surface area contributed by atoms with Crippen molar-refractivity contribution in [1.82, 2.24) is 9.97 Å². The maximum absolute atomic E-state index is 12.5. The minimum Gasteiger partial charge on any atom is -0.497 e. The van der Waals surface area contributed by atoms with E-state index in [0.717, 1.165) is 17.3 Å². The van der Waals surface area contributed by atoms with Gasteiger partial charge in [-0.15, -0.1) is 0 Å². The Balaban J connectivity index is 1.71. The summed E-state index contributed by atoms with van der Waals surface area (Å²) in [4.78, 5) is 42.5. The van der Waals surface area contributed by atoms with Crippen LogP contribution in [0.5, 0.6) is 5.75 Å². The monoisotopic (exact) mass is 425 g/mol. The Morgan fingerprint density at radius 3 is 2.40 bits per heavy atom. The smallest absolute Gasteiger partial charge is 0.335 e. The van der Waals surface area contributed by atoms with E-state index in [2.05, 4.69) is 15.3 Å². The van der Waals surface area contributed by atoms with E-state index in [9.17, 15) is 14.4 Å². The van der Waals surface area contributed by atoms with Gasteiger partial charge in [-0.3, -0.25) is 9.59 Å². The highest BCUT2D eigenvalue weighted by atomic mass is 32.2. The first-order chi connectivity index (χ1) is 14.4. The number of thioether (sulfide) groups is 1. The maximum Gasteiger partial charge on any atom is 0.335 e. The summed E-state index contributed by atoms with van der Waals surface area (Å²) in [6.45, 7) is 1.69. The molecule has 0 fully saturated rings. The lowest BCUT2D eigenvalue weighted by Crippen LogP contribution is -2.23. The Bertz CT molecular complexity index is 1110. The van der Waals surface area contributed by atoms with Crippen LogP contribution in [0.25, 0.3) is 11.3 Å². The van der Waals surface area contributed by atoms with Gasteiger partial charge in [-0.05, 0) is 55.5 Å². The van der Waals surface area contributed by atoms with E-state index in [1.807, 2.05) is 0 Å². The van der Waals surface area contributed by atoms with Gasteiger partial charge in [0.25, 0.3) is 5.56 Å². The van der Waals surface area contributed by atoms with E-state index >= 15 is 0 Å². The summed E-state index contributed by atoms with van der Waals surface area (Å²) in [7, 11) is 1.57. The topological polar surface area (TPSA) is 121 Å². The molecule has 154 valence electrons. The molecular formula is C21H19N3O5S. The average molecular weight is 425 g/mol. The van der Waals surface area contributed by atoms with Crippen LogP contribution in [0.15, 0.2) is 64.5 Å². The van der Waals surface area contributed by atoms with Gasteiger partial charge in [0.1, 0.15) is 5.75 Å².